The zero-order valence-corrected chi connectivity index (χ0v) is 17.7. The second-order valence-electron chi connectivity index (χ2n) is 6.91. The van der Waals surface area contributed by atoms with Gasteiger partial charge in [-0.3, -0.25) is 4.79 Å². The van der Waals surface area contributed by atoms with E-state index < -0.39 is 28.1 Å². The van der Waals surface area contributed by atoms with Crippen LogP contribution >= 0.6 is 22.9 Å². The third-order valence-electron chi connectivity index (χ3n) is 3.25. The summed E-state index contributed by atoms with van der Waals surface area (Å²) in [6, 6.07) is 7.26. The van der Waals surface area contributed by atoms with Crippen molar-refractivity contribution in [3.8, 4) is 0 Å². The number of carbonyl (C=O) groups excluding carboxylic acids is 2. The maximum Gasteiger partial charge on any atom is 0.338 e. The summed E-state index contributed by atoms with van der Waals surface area (Å²) in [6.07, 6.45) is 0. The van der Waals surface area contributed by atoms with Crippen LogP contribution in [0.1, 0.15) is 45.7 Å². The molecule has 1 aromatic heterocycles. The molecule has 0 aliphatic rings. The molecule has 0 saturated carbocycles. The SMILES string of the molecule is Cc1ccc(C(=O)COC(=O)c2ccc(Cl)c(S(=O)(=O)NC(C)(C)C)c2)s1. The van der Waals surface area contributed by atoms with E-state index in [0.29, 0.717) is 4.88 Å². The molecule has 0 aliphatic heterocycles. The molecular formula is C18H20ClNO5S2. The second-order valence-corrected chi connectivity index (χ2v) is 10.3. The Hall–Kier alpha value is -1.74. The predicted molar refractivity (Wildman–Crippen MR) is 105 cm³/mol. The van der Waals surface area contributed by atoms with Crippen molar-refractivity contribution in [2.75, 3.05) is 6.61 Å². The van der Waals surface area contributed by atoms with E-state index in [0.717, 1.165) is 10.9 Å². The van der Waals surface area contributed by atoms with Gasteiger partial charge in [-0.25, -0.2) is 17.9 Å². The minimum Gasteiger partial charge on any atom is -0.454 e. The minimum absolute atomic E-state index is 0.0103. The first kappa shape index (κ1) is 21.6. The number of ether oxygens (including phenoxy) is 1. The van der Waals surface area contributed by atoms with Gasteiger partial charge in [0.2, 0.25) is 15.8 Å². The molecule has 0 bridgehead atoms. The summed E-state index contributed by atoms with van der Waals surface area (Å²) in [5.74, 6) is -1.13. The molecule has 0 atom stereocenters. The van der Waals surface area contributed by atoms with Crippen LogP contribution in [0.25, 0.3) is 0 Å². The first-order valence-corrected chi connectivity index (χ1v) is 10.7. The van der Waals surface area contributed by atoms with Crippen molar-refractivity contribution in [3.05, 3.63) is 50.7 Å². The maximum absolute atomic E-state index is 12.5. The Morgan fingerprint density at radius 1 is 1.19 bits per heavy atom. The molecule has 0 unspecified atom stereocenters. The number of Topliss-reactive ketones (excluding diaryl/α,β-unsaturated/α-hetero) is 1. The van der Waals surface area contributed by atoms with Crippen molar-refractivity contribution >= 4 is 44.7 Å². The average molecular weight is 430 g/mol. The van der Waals surface area contributed by atoms with Crippen molar-refractivity contribution in [1.29, 1.82) is 0 Å². The molecule has 0 aliphatic carbocycles. The van der Waals surface area contributed by atoms with E-state index in [-0.39, 0.29) is 21.3 Å². The van der Waals surface area contributed by atoms with E-state index in [2.05, 4.69) is 4.72 Å². The molecule has 1 N–H and O–H groups in total. The molecule has 0 saturated heterocycles. The zero-order valence-electron chi connectivity index (χ0n) is 15.3. The maximum atomic E-state index is 12.5. The Labute approximate surface area is 167 Å². The van der Waals surface area contributed by atoms with E-state index >= 15 is 0 Å². The summed E-state index contributed by atoms with van der Waals surface area (Å²) in [4.78, 5) is 25.5. The zero-order chi connectivity index (χ0) is 20.4. The summed E-state index contributed by atoms with van der Waals surface area (Å²) < 4.78 is 32.5. The summed E-state index contributed by atoms with van der Waals surface area (Å²) in [5.41, 5.74) is -0.729. The summed E-state index contributed by atoms with van der Waals surface area (Å²) in [5, 5.41) is -0.0200. The number of esters is 1. The number of sulfonamides is 1. The van der Waals surface area contributed by atoms with Gasteiger partial charge in [0.25, 0.3) is 0 Å². The number of hydrogen-bond acceptors (Lipinski definition) is 6. The van der Waals surface area contributed by atoms with Gasteiger partial charge in [-0.2, -0.15) is 0 Å². The third-order valence-corrected chi connectivity index (χ3v) is 6.53. The van der Waals surface area contributed by atoms with Crippen molar-refractivity contribution < 1.29 is 22.7 Å². The van der Waals surface area contributed by atoms with Gasteiger partial charge >= 0.3 is 5.97 Å². The Bertz CT molecular complexity index is 974. The molecule has 0 radical (unpaired) electrons. The number of halogens is 1. The molecule has 1 heterocycles. The van der Waals surface area contributed by atoms with Crippen LogP contribution in [0, 0.1) is 6.92 Å². The number of aryl methyl sites for hydroxylation is 1. The van der Waals surface area contributed by atoms with Crippen LogP contribution in [0.4, 0.5) is 0 Å². The van der Waals surface area contributed by atoms with Gasteiger partial charge in [-0.15, -0.1) is 11.3 Å². The van der Waals surface area contributed by atoms with Crippen LogP contribution < -0.4 is 4.72 Å². The fourth-order valence-corrected chi connectivity index (χ4v) is 4.90. The van der Waals surface area contributed by atoms with Gasteiger partial charge in [0.15, 0.2) is 6.61 Å². The lowest BCUT2D eigenvalue weighted by molar-refractivity contribution is 0.0475. The van der Waals surface area contributed by atoms with E-state index in [1.54, 1.807) is 32.9 Å². The molecule has 146 valence electrons. The second kappa shape index (κ2) is 8.10. The van der Waals surface area contributed by atoms with Gasteiger partial charge in [-0.05, 0) is 58.0 Å². The molecule has 9 heteroatoms. The first-order chi connectivity index (χ1) is 12.4. The van der Waals surface area contributed by atoms with Crippen molar-refractivity contribution in [1.82, 2.24) is 4.72 Å². The Balaban J connectivity index is 2.17. The lowest BCUT2D eigenvalue weighted by atomic mass is 10.1. The van der Waals surface area contributed by atoms with E-state index in [1.807, 2.05) is 6.92 Å². The normalized spacial score (nSPS) is 12.0. The molecule has 0 amide bonds. The number of thiophene rings is 1. The Morgan fingerprint density at radius 3 is 2.41 bits per heavy atom. The molecule has 1 aromatic carbocycles. The summed E-state index contributed by atoms with van der Waals surface area (Å²) in [7, 11) is -3.93. The van der Waals surface area contributed by atoms with Gasteiger partial charge < -0.3 is 4.74 Å². The van der Waals surface area contributed by atoms with Crippen LogP contribution in [0.5, 0.6) is 0 Å². The minimum atomic E-state index is -3.93. The molecule has 27 heavy (non-hydrogen) atoms. The van der Waals surface area contributed by atoms with Crippen LogP contribution in [-0.2, 0) is 14.8 Å². The largest absolute Gasteiger partial charge is 0.454 e. The number of ketones is 1. The average Bonchev–Trinajstić information content (AvgIpc) is 2.96. The van der Waals surface area contributed by atoms with Crippen LogP contribution in [0.15, 0.2) is 35.2 Å². The number of carbonyl (C=O) groups is 2. The van der Waals surface area contributed by atoms with Gasteiger partial charge in [0.05, 0.1) is 15.5 Å². The highest BCUT2D eigenvalue weighted by atomic mass is 35.5. The quantitative estimate of drug-likeness (QED) is 0.556. The fourth-order valence-electron chi connectivity index (χ4n) is 2.16. The van der Waals surface area contributed by atoms with E-state index in [1.165, 1.54) is 23.5 Å². The highest BCUT2D eigenvalue weighted by Gasteiger charge is 2.25. The van der Waals surface area contributed by atoms with Gasteiger partial charge in [-0.1, -0.05) is 11.6 Å². The highest BCUT2D eigenvalue weighted by molar-refractivity contribution is 7.89. The fraction of sp³-hybridized carbons (Fsp3) is 0.333. The Kier molecular flexibility index (Phi) is 6.47. The molecule has 2 rings (SSSR count). The van der Waals surface area contributed by atoms with Gasteiger partial charge in [0.1, 0.15) is 4.90 Å². The van der Waals surface area contributed by atoms with Crippen LogP contribution in [0.2, 0.25) is 5.02 Å². The summed E-state index contributed by atoms with van der Waals surface area (Å²) in [6.45, 7) is 6.51. The molecular weight excluding hydrogens is 410 g/mol. The lowest BCUT2D eigenvalue weighted by Crippen LogP contribution is -2.40. The van der Waals surface area contributed by atoms with E-state index in [9.17, 15) is 18.0 Å². The monoisotopic (exact) mass is 429 g/mol. The molecule has 6 nitrogen and oxygen atoms in total. The Morgan fingerprint density at radius 2 is 1.85 bits per heavy atom. The van der Waals surface area contributed by atoms with E-state index in [4.69, 9.17) is 16.3 Å². The molecule has 0 fully saturated rings. The highest BCUT2D eigenvalue weighted by Crippen LogP contribution is 2.24. The molecule has 2 aromatic rings. The topological polar surface area (TPSA) is 89.5 Å². The predicted octanol–water partition coefficient (Wildman–Crippen LogP) is 3.83. The van der Waals surface area contributed by atoms with Crippen molar-refractivity contribution in [2.24, 2.45) is 0 Å². The number of nitrogens with one attached hydrogen (secondary N) is 1. The standard InChI is InChI=1S/C18H20ClNO5S2/c1-11-5-8-15(26-11)14(21)10-25-17(22)12-6-7-13(19)16(9-12)27(23,24)20-18(2,3)4/h5-9,20H,10H2,1-4H3. The van der Waals surface area contributed by atoms with Crippen molar-refractivity contribution in [2.45, 2.75) is 38.1 Å². The van der Waals surface area contributed by atoms with Crippen LogP contribution in [0.3, 0.4) is 0 Å². The number of hydrogen-bond donors (Lipinski definition) is 1. The van der Waals surface area contributed by atoms with Gasteiger partial charge in [0, 0.05) is 10.4 Å². The lowest BCUT2D eigenvalue weighted by Gasteiger charge is -2.21. The third kappa shape index (κ3) is 5.87. The smallest absolute Gasteiger partial charge is 0.338 e. The number of benzene rings is 1. The summed E-state index contributed by atoms with van der Waals surface area (Å²) >= 11 is 7.31. The van der Waals surface area contributed by atoms with Crippen LogP contribution in [-0.4, -0.2) is 32.3 Å². The van der Waals surface area contributed by atoms with Crippen molar-refractivity contribution in [3.63, 3.8) is 0 Å². The first-order valence-electron chi connectivity index (χ1n) is 7.99. The number of rotatable bonds is 6. The molecule has 0 spiro atoms.